The van der Waals surface area contributed by atoms with Gasteiger partial charge in [0.25, 0.3) is 5.91 Å². The van der Waals surface area contributed by atoms with Crippen molar-refractivity contribution in [2.24, 2.45) is 0 Å². The lowest BCUT2D eigenvalue weighted by molar-refractivity contribution is -0.121. The second-order valence-electron chi connectivity index (χ2n) is 5.75. The lowest BCUT2D eigenvalue weighted by Gasteiger charge is -2.16. The largest absolute Gasteiger partial charge is 0.314 e. The van der Waals surface area contributed by atoms with Crippen molar-refractivity contribution in [3.8, 4) is 0 Å². The maximum Gasteiger partial charge on any atom is 0.258 e. The molecular weight excluding hydrogens is 280 g/mol. The third-order valence-electron chi connectivity index (χ3n) is 3.92. The number of aromatic nitrogens is 2. The number of benzene rings is 1. The molecule has 6 heteroatoms. The van der Waals surface area contributed by atoms with E-state index in [2.05, 4.69) is 15.3 Å². The highest BCUT2D eigenvalue weighted by atomic mass is 16.2. The highest BCUT2D eigenvalue weighted by molar-refractivity contribution is 6.09. The zero-order valence-corrected chi connectivity index (χ0v) is 12.6. The van der Waals surface area contributed by atoms with Crippen LogP contribution in [0.25, 0.3) is 0 Å². The number of hydrogen-bond donors (Lipinski definition) is 1. The molecule has 3 rings (SSSR count). The Bertz CT molecular complexity index is 756. The normalized spacial score (nSPS) is 15.6. The zero-order valence-electron chi connectivity index (χ0n) is 12.6. The van der Waals surface area contributed by atoms with Crippen molar-refractivity contribution in [1.29, 1.82) is 0 Å². The maximum atomic E-state index is 12.3. The number of likely N-dealkylation sites (N-methyl/N-ethyl adjacent to an activating group) is 1. The second kappa shape index (κ2) is 4.91. The van der Waals surface area contributed by atoms with Crippen molar-refractivity contribution in [1.82, 2.24) is 9.97 Å². The lowest BCUT2D eigenvalue weighted by atomic mass is 9.85. The van der Waals surface area contributed by atoms with Crippen LogP contribution in [0.15, 0.2) is 36.7 Å². The van der Waals surface area contributed by atoms with Gasteiger partial charge in [0.2, 0.25) is 11.9 Å². The third kappa shape index (κ3) is 2.13. The summed E-state index contributed by atoms with van der Waals surface area (Å²) in [5, 5.41) is 2.64. The van der Waals surface area contributed by atoms with Gasteiger partial charge in [-0.3, -0.25) is 14.9 Å². The minimum Gasteiger partial charge on any atom is -0.314 e. The van der Waals surface area contributed by atoms with Gasteiger partial charge in [0, 0.05) is 30.7 Å². The molecule has 1 aliphatic heterocycles. The molecule has 1 aromatic heterocycles. The standard InChI is InChI=1S/C16H16N4O2/c1-16(2)11-9-10(5-6-12(11)20(3)14(16)22)13(21)19-15-17-7-4-8-18-15/h4-9H,1-3H3,(H,17,18,19,21). The van der Waals surface area contributed by atoms with Gasteiger partial charge in [0.1, 0.15) is 0 Å². The van der Waals surface area contributed by atoms with Gasteiger partial charge in [-0.2, -0.15) is 0 Å². The van der Waals surface area contributed by atoms with Gasteiger partial charge in [-0.1, -0.05) is 0 Å². The van der Waals surface area contributed by atoms with Gasteiger partial charge in [-0.05, 0) is 43.7 Å². The van der Waals surface area contributed by atoms with Crippen LogP contribution < -0.4 is 10.2 Å². The van der Waals surface area contributed by atoms with Crippen LogP contribution in [-0.4, -0.2) is 28.8 Å². The summed E-state index contributed by atoms with van der Waals surface area (Å²) < 4.78 is 0. The number of nitrogens with zero attached hydrogens (tertiary/aromatic N) is 3. The minimum absolute atomic E-state index is 0.0199. The fourth-order valence-electron chi connectivity index (χ4n) is 2.65. The average molecular weight is 296 g/mol. The molecule has 2 amide bonds. The van der Waals surface area contributed by atoms with Crippen LogP contribution in [0.5, 0.6) is 0 Å². The summed E-state index contributed by atoms with van der Waals surface area (Å²) in [5.74, 6) is -0.0290. The highest BCUT2D eigenvalue weighted by Gasteiger charge is 2.42. The van der Waals surface area contributed by atoms with Gasteiger partial charge in [-0.15, -0.1) is 0 Å². The van der Waals surface area contributed by atoms with Gasteiger partial charge < -0.3 is 4.90 Å². The molecule has 0 saturated heterocycles. The van der Waals surface area contributed by atoms with Crippen LogP contribution in [0.1, 0.15) is 29.8 Å². The van der Waals surface area contributed by atoms with E-state index in [1.54, 1.807) is 48.6 Å². The van der Waals surface area contributed by atoms with Crippen LogP contribution >= 0.6 is 0 Å². The van der Waals surface area contributed by atoms with Gasteiger partial charge in [-0.25, -0.2) is 9.97 Å². The van der Waals surface area contributed by atoms with E-state index in [0.717, 1.165) is 11.3 Å². The Morgan fingerprint density at radius 3 is 2.59 bits per heavy atom. The number of amides is 2. The quantitative estimate of drug-likeness (QED) is 0.919. The minimum atomic E-state index is -0.635. The topological polar surface area (TPSA) is 75.2 Å². The molecule has 0 bridgehead atoms. The summed E-state index contributed by atoms with van der Waals surface area (Å²) in [6, 6.07) is 6.93. The highest BCUT2D eigenvalue weighted by Crippen LogP contribution is 2.41. The number of fused-ring (bicyclic) bond motifs is 1. The van der Waals surface area contributed by atoms with Crippen molar-refractivity contribution < 1.29 is 9.59 Å². The molecule has 0 unspecified atom stereocenters. The Balaban J connectivity index is 1.93. The van der Waals surface area contributed by atoms with Crippen LogP contribution in [0.2, 0.25) is 0 Å². The first-order chi connectivity index (χ1) is 10.4. The number of anilines is 2. The number of hydrogen-bond acceptors (Lipinski definition) is 4. The smallest absolute Gasteiger partial charge is 0.258 e. The molecule has 112 valence electrons. The maximum absolute atomic E-state index is 12.3. The molecule has 0 spiro atoms. The van der Waals surface area contributed by atoms with Gasteiger partial charge in [0.15, 0.2) is 0 Å². The number of carbonyl (C=O) groups is 2. The predicted octanol–water partition coefficient (Wildman–Crippen LogP) is 1.98. The molecule has 0 atom stereocenters. The van der Waals surface area contributed by atoms with Crippen LogP contribution in [0, 0.1) is 0 Å². The Morgan fingerprint density at radius 2 is 1.91 bits per heavy atom. The van der Waals surface area contributed by atoms with E-state index < -0.39 is 5.41 Å². The Hall–Kier alpha value is -2.76. The molecule has 1 N–H and O–H groups in total. The fraction of sp³-hybridized carbons (Fsp3) is 0.250. The van der Waals surface area contributed by atoms with Crippen LogP contribution in [0.3, 0.4) is 0 Å². The third-order valence-corrected chi connectivity index (χ3v) is 3.92. The van der Waals surface area contributed by atoms with E-state index in [0.29, 0.717) is 5.56 Å². The fourth-order valence-corrected chi connectivity index (χ4v) is 2.65. The van der Waals surface area contributed by atoms with E-state index in [1.165, 1.54) is 0 Å². The molecular formula is C16H16N4O2. The molecule has 6 nitrogen and oxygen atoms in total. The molecule has 0 radical (unpaired) electrons. The van der Waals surface area contributed by atoms with Crippen molar-refractivity contribution in [3.05, 3.63) is 47.8 Å². The molecule has 0 saturated carbocycles. The van der Waals surface area contributed by atoms with Crippen molar-refractivity contribution in [2.75, 3.05) is 17.3 Å². The Labute approximate surface area is 128 Å². The van der Waals surface area contributed by atoms with Crippen molar-refractivity contribution in [2.45, 2.75) is 19.3 Å². The lowest BCUT2D eigenvalue weighted by Crippen LogP contribution is -2.33. The summed E-state index contributed by atoms with van der Waals surface area (Å²) in [5.41, 5.74) is 1.52. The van der Waals surface area contributed by atoms with Gasteiger partial charge >= 0.3 is 0 Å². The summed E-state index contributed by atoms with van der Waals surface area (Å²) in [6.45, 7) is 3.72. The number of carbonyl (C=O) groups excluding carboxylic acids is 2. The summed E-state index contributed by atoms with van der Waals surface area (Å²) in [7, 11) is 1.74. The molecule has 2 heterocycles. The van der Waals surface area contributed by atoms with Crippen molar-refractivity contribution in [3.63, 3.8) is 0 Å². The predicted molar refractivity (Wildman–Crippen MR) is 82.9 cm³/mol. The first-order valence-electron chi connectivity index (χ1n) is 6.92. The Morgan fingerprint density at radius 1 is 1.23 bits per heavy atom. The van der Waals surface area contributed by atoms with Gasteiger partial charge in [0.05, 0.1) is 5.41 Å². The van der Waals surface area contributed by atoms with Crippen LogP contribution in [-0.2, 0) is 10.2 Å². The van der Waals surface area contributed by atoms with E-state index in [4.69, 9.17) is 0 Å². The molecule has 22 heavy (non-hydrogen) atoms. The van der Waals surface area contributed by atoms with Crippen LogP contribution in [0.4, 0.5) is 11.6 Å². The van der Waals surface area contributed by atoms with Crippen molar-refractivity contribution >= 4 is 23.5 Å². The summed E-state index contributed by atoms with van der Waals surface area (Å²) >= 11 is 0. The summed E-state index contributed by atoms with van der Waals surface area (Å²) in [6.07, 6.45) is 3.12. The second-order valence-corrected chi connectivity index (χ2v) is 5.75. The molecule has 1 aromatic carbocycles. The zero-order chi connectivity index (χ0) is 15.9. The first kappa shape index (κ1) is 14.2. The first-order valence-corrected chi connectivity index (χ1v) is 6.92. The van der Waals surface area contributed by atoms with E-state index in [-0.39, 0.29) is 17.8 Å². The number of nitrogens with one attached hydrogen (secondary N) is 1. The van der Waals surface area contributed by atoms with E-state index in [1.807, 2.05) is 13.8 Å². The average Bonchev–Trinajstić information content (AvgIpc) is 2.69. The monoisotopic (exact) mass is 296 g/mol. The molecule has 0 aliphatic carbocycles. The Kier molecular flexibility index (Phi) is 3.16. The molecule has 0 fully saturated rings. The van der Waals surface area contributed by atoms with E-state index >= 15 is 0 Å². The number of rotatable bonds is 2. The van der Waals surface area contributed by atoms with E-state index in [9.17, 15) is 9.59 Å². The summed E-state index contributed by atoms with van der Waals surface area (Å²) in [4.78, 5) is 34.1. The SMILES string of the molecule is CN1C(=O)C(C)(C)c2cc(C(=O)Nc3ncccn3)ccc21. The molecule has 1 aliphatic rings. The molecule has 2 aromatic rings.